The van der Waals surface area contributed by atoms with Crippen LogP contribution in [0.1, 0.15) is 22.5 Å². The summed E-state index contributed by atoms with van der Waals surface area (Å²) < 4.78 is 7.07. The summed E-state index contributed by atoms with van der Waals surface area (Å²) in [5.41, 5.74) is 8.47. The second-order valence-electron chi connectivity index (χ2n) is 5.88. The first-order valence-electron chi connectivity index (χ1n) is 7.77. The summed E-state index contributed by atoms with van der Waals surface area (Å²) in [4.78, 5) is 4.50. The van der Waals surface area contributed by atoms with Gasteiger partial charge in [0.2, 0.25) is 5.13 Å². The van der Waals surface area contributed by atoms with Crippen LogP contribution in [0.2, 0.25) is 0 Å². The van der Waals surface area contributed by atoms with Gasteiger partial charge >= 0.3 is 0 Å². The Balaban J connectivity index is 1.61. The predicted molar refractivity (Wildman–Crippen MR) is 101 cm³/mol. The summed E-state index contributed by atoms with van der Waals surface area (Å²) in [6.07, 6.45) is 1.71. The Morgan fingerprint density at radius 2 is 1.92 bits per heavy atom. The maximum atomic E-state index is 5.93. The molecule has 0 aliphatic heterocycles. The lowest BCUT2D eigenvalue weighted by Crippen LogP contribution is -1.89. The third-order valence-corrected chi connectivity index (χ3v) is 5.17. The van der Waals surface area contributed by atoms with Crippen LogP contribution in [0.5, 0.6) is 0 Å². The minimum absolute atomic E-state index is 0.767. The Morgan fingerprint density at radius 1 is 1.12 bits per heavy atom. The summed E-state index contributed by atoms with van der Waals surface area (Å²) in [5, 5.41) is 6.20. The maximum absolute atomic E-state index is 5.93. The normalized spacial score (nSPS) is 11.8. The fourth-order valence-corrected chi connectivity index (χ4v) is 3.50. The van der Waals surface area contributed by atoms with E-state index >= 15 is 0 Å². The van der Waals surface area contributed by atoms with E-state index in [0.29, 0.717) is 0 Å². The second-order valence-corrected chi connectivity index (χ2v) is 6.91. The molecule has 4 rings (SSSR count). The number of aromatic nitrogens is 1. The van der Waals surface area contributed by atoms with E-state index in [-0.39, 0.29) is 0 Å². The van der Waals surface area contributed by atoms with Crippen molar-refractivity contribution >= 4 is 43.9 Å². The summed E-state index contributed by atoms with van der Waals surface area (Å²) in [6, 6.07) is 12.3. The van der Waals surface area contributed by atoms with Gasteiger partial charge in [0.15, 0.2) is 5.76 Å². The Kier molecular flexibility index (Phi) is 3.58. The van der Waals surface area contributed by atoms with Crippen LogP contribution < -0.4 is 5.43 Å². The molecule has 2 aromatic heterocycles. The quantitative estimate of drug-likeness (QED) is 0.402. The lowest BCUT2D eigenvalue weighted by atomic mass is 10.1. The monoisotopic (exact) mass is 335 g/mol. The molecule has 4 aromatic rings. The minimum Gasteiger partial charge on any atom is -0.455 e. The van der Waals surface area contributed by atoms with Crippen LogP contribution >= 0.6 is 11.3 Å². The van der Waals surface area contributed by atoms with E-state index in [1.165, 1.54) is 11.1 Å². The molecule has 0 aliphatic carbocycles. The molecule has 0 fully saturated rings. The van der Waals surface area contributed by atoms with Gasteiger partial charge in [-0.05, 0) is 56.2 Å². The molecule has 0 amide bonds. The third-order valence-electron chi connectivity index (χ3n) is 4.23. The molecule has 1 N–H and O–H groups in total. The summed E-state index contributed by atoms with van der Waals surface area (Å²) in [5.74, 6) is 0.767. The topological polar surface area (TPSA) is 50.4 Å². The Labute approximate surface area is 143 Å². The number of rotatable bonds is 3. The molecule has 0 saturated heterocycles. The van der Waals surface area contributed by atoms with Crippen LogP contribution in [0.3, 0.4) is 0 Å². The highest BCUT2D eigenvalue weighted by molar-refractivity contribution is 7.22. The number of nitrogens with one attached hydrogen (secondary N) is 1. The summed E-state index contributed by atoms with van der Waals surface area (Å²) >= 11 is 1.58. The fourth-order valence-electron chi connectivity index (χ4n) is 2.68. The standard InChI is InChI=1S/C19H17N3OS/c1-11-8-14-13(3)17(23-16(14)9-12(11)2)10-20-22-19-21-15-6-4-5-7-18(15)24-19/h4-10H,1-3H3,(H,21,22)/b20-10-. The molecule has 0 radical (unpaired) electrons. The van der Waals surface area contributed by atoms with Crippen molar-refractivity contribution in [2.75, 3.05) is 5.43 Å². The van der Waals surface area contributed by atoms with E-state index in [4.69, 9.17) is 4.42 Å². The molecule has 0 atom stereocenters. The van der Waals surface area contributed by atoms with Crippen LogP contribution in [0.25, 0.3) is 21.2 Å². The zero-order valence-corrected chi connectivity index (χ0v) is 14.6. The first kappa shape index (κ1) is 14.9. The molecule has 0 saturated carbocycles. The number of furan rings is 1. The van der Waals surface area contributed by atoms with Crippen molar-refractivity contribution in [2.24, 2.45) is 5.10 Å². The van der Waals surface area contributed by atoms with Crippen LogP contribution in [0, 0.1) is 20.8 Å². The minimum atomic E-state index is 0.767. The molecule has 0 unspecified atom stereocenters. The van der Waals surface area contributed by atoms with Crippen LogP contribution in [-0.4, -0.2) is 11.2 Å². The number of benzene rings is 2. The third kappa shape index (κ3) is 2.57. The van der Waals surface area contributed by atoms with Crippen molar-refractivity contribution < 1.29 is 4.42 Å². The molecule has 2 aromatic carbocycles. The van der Waals surface area contributed by atoms with E-state index in [2.05, 4.69) is 54.5 Å². The van der Waals surface area contributed by atoms with Gasteiger partial charge in [0.05, 0.1) is 16.4 Å². The second kappa shape index (κ2) is 5.76. The van der Waals surface area contributed by atoms with Gasteiger partial charge < -0.3 is 4.42 Å². The lowest BCUT2D eigenvalue weighted by Gasteiger charge is -1.98. The lowest BCUT2D eigenvalue weighted by molar-refractivity contribution is 0.604. The van der Waals surface area contributed by atoms with Crippen molar-refractivity contribution in [3.8, 4) is 0 Å². The number of fused-ring (bicyclic) bond motifs is 2. The van der Waals surface area contributed by atoms with Crippen LogP contribution in [0.15, 0.2) is 45.9 Å². The van der Waals surface area contributed by atoms with Crippen LogP contribution in [-0.2, 0) is 0 Å². The first-order chi connectivity index (χ1) is 11.6. The van der Waals surface area contributed by atoms with Crippen molar-refractivity contribution in [2.45, 2.75) is 20.8 Å². The van der Waals surface area contributed by atoms with Gasteiger partial charge in [-0.1, -0.05) is 23.5 Å². The van der Waals surface area contributed by atoms with Gasteiger partial charge in [-0.3, -0.25) is 5.43 Å². The largest absolute Gasteiger partial charge is 0.455 e. The van der Waals surface area contributed by atoms with E-state index in [1.54, 1.807) is 17.6 Å². The SMILES string of the molecule is Cc1cc2oc(/C=N\Nc3nc4ccccc4s3)c(C)c2cc1C. The molecule has 24 heavy (non-hydrogen) atoms. The number of thiazole rings is 1. The fraction of sp³-hybridized carbons (Fsp3) is 0.158. The smallest absolute Gasteiger partial charge is 0.204 e. The van der Waals surface area contributed by atoms with Crippen molar-refractivity contribution in [3.63, 3.8) is 0 Å². The molecular weight excluding hydrogens is 318 g/mol. The Hall–Kier alpha value is -2.66. The van der Waals surface area contributed by atoms with E-state index in [1.807, 2.05) is 18.2 Å². The average molecular weight is 335 g/mol. The number of anilines is 1. The molecule has 0 aliphatic rings. The zero-order chi connectivity index (χ0) is 16.7. The average Bonchev–Trinajstić information content (AvgIpc) is 3.10. The zero-order valence-electron chi connectivity index (χ0n) is 13.8. The molecule has 5 heteroatoms. The molecular formula is C19H17N3OS. The molecule has 2 heterocycles. The van der Waals surface area contributed by atoms with Gasteiger partial charge in [0.25, 0.3) is 0 Å². The van der Waals surface area contributed by atoms with Crippen molar-refractivity contribution in [1.29, 1.82) is 0 Å². The highest BCUT2D eigenvalue weighted by Gasteiger charge is 2.10. The number of aryl methyl sites for hydroxylation is 3. The van der Waals surface area contributed by atoms with E-state index in [9.17, 15) is 0 Å². The number of hydrogen-bond donors (Lipinski definition) is 1. The van der Waals surface area contributed by atoms with Gasteiger partial charge in [-0.25, -0.2) is 4.98 Å². The summed E-state index contributed by atoms with van der Waals surface area (Å²) in [6.45, 7) is 6.26. The Morgan fingerprint density at radius 3 is 2.75 bits per heavy atom. The highest BCUT2D eigenvalue weighted by Crippen LogP contribution is 2.28. The van der Waals surface area contributed by atoms with Gasteiger partial charge in [-0.15, -0.1) is 0 Å². The maximum Gasteiger partial charge on any atom is 0.204 e. The van der Waals surface area contributed by atoms with Gasteiger partial charge in [0.1, 0.15) is 5.58 Å². The van der Waals surface area contributed by atoms with E-state index < -0.39 is 0 Å². The molecule has 0 spiro atoms. The predicted octanol–water partition coefficient (Wildman–Crippen LogP) is 5.41. The highest BCUT2D eigenvalue weighted by atomic mass is 32.1. The van der Waals surface area contributed by atoms with Gasteiger partial charge in [0, 0.05) is 10.9 Å². The van der Waals surface area contributed by atoms with E-state index in [0.717, 1.165) is 37.6 Å². The molecule has 0 bridgehead atoms. The first-order valence-corrected chi connectivity index (χ1v) is 8.58. The number of hydrazone groups is 1. The van der Waals surface area contributed by atoms with Crippen molar-refractivity contribution in [3.05, 3.63) is 58.8 Å². The number of nitrogens with zero attached hydrogens (tertiary/aromatic N) is 2. The number of para-hydroxylation sites is 1. The van der Waals surface area contributed by atoms with Crippen molar-refractivity contribution in [1.82, 2.24) is 4.98 Å². The van der Waals surface area contributed by atoms with Gasteiger partial charge in [-0.2, -0.15) is 5.10 Å². The molecule has 120 valence electrons. The Bertz CT molecular complexity index is 1040. The summed E-state index contributed by atoms with van der Waals surface area (Å²) in [7, 11) is 0. The number of hydrogen-bond acceptors (Lipinski definition) is 5. The van der Waals surface area contributed by atoms with Crippen LogP contribution in [0.4, 0.5) is 5.13 Å². The molecule has 4 nitrogen and oxygen atoms in total.